The monoisotopic (exact) mass is 436 g/mol. The molecule has 0 unspecified atom stereocenters. The predicted octanol–water partition coefficient (Wildman–Crippen LogP) is 6.36. The van der Waals surface area contributed by atoms with Gasteiger partial charge in [-0.05, 0) is 26.0 Å². The summed E-state index contributed by atoms with van der Waals surface area (Å²) in [6.07, 6.45) is -4.66. The second kappa shape index (κ2) is 6.87. The fourth-order valence-corrected chi connectivity index (χ4v) is 3.36. The summed E-state index contributed by atoms with van der Waals surface area (Å²) < 4.78 is 62.9. The Bertz CT molecular complexity index is 820. The minimum absolute atomic E-state index is 0.0133. The van der Waals surface area contributed by atoms with Crippen LogP contribution in [-0.2, 0) is 11.6 Å². The van der Waals surface area contributed by atoms with E-state index in [0.29, 0.717) is 4.47 Å². The smallest absolute Gasteiger partial charge is 0.435 e. The van der Waals surface area contributed by atoms with Crippen molar-refractivity contribution >= 4 is 15.9 Å². The zero-order valence-corrected chi connectivity index (χ0v) is 17.0. The summed E-state index contributed by atoms with van der Waals surface area (Å²) in [5, 5.41) is 0. The highest BCUT2D eigenvalue weighted by atomic mass is 79.9. The molecular formula is C18H21BrF4N2O. The summed E-state index contributed by atoms with van der Waals surface area (Å²) in [5.41, 5.74) is -1.93. The highest BCUT2D eigenvalue weighted by Crippen LogP contribution is 2.44. The molecule has 0 spiro atoms. The van der Waals surface area contributed by atoms with E-state index in [1.54, 1.807) is 34.6 Å². The van der Waals surface area contributed by atoms with Crippen LogP contribution in [0.15, 0.2) is 16.6 Å². The van der Waals surface area contributed by atoms with Crippen LogP contribution in [-0.4, -0.2) is 16.7 Å². The molecule has 144 valence electrons. The van der Waals surface area contributed by atoms with Gasteiger partial charge >= 0.3 is 6.18 Å². The minimum atomic E-state index is -4.66. The van der Waals surface area contributed by atoms with Crippen molar-refractivity contribution in [3.8, 4) is 17.1 Å². The van der Waals surface area contributed by atoms with Gasteiger partial charge < -0.3 is 9.30 Å². The van der Waals surface area contributed by atoms with Crippen LogP contribution in [0, 0.1) is 5.82 Å². The maximum Gasteiger partial charge on any atom is 0.435 e. The molecule has 1 heterocycles. The lowest BCUT2D eigenvalue weighted by atomic mass is 9.89. The molecule has 0 aliphatic heterocycles. The molecule has 0 saturated heterocycles. The Labute approximate surface area is 158 Å². The maximum absolute atomic E-state index is 14.7. The molecule has 0 aliphatic rings. The molecule has 1 aromatic carbocycles. The van der Waals surface area contributed by atoms with Crippen LogP contribution < -0.4 is 4.74 Å². The topological polar surface area (TPSA) is 27.1 Å². The van der Waals surface area contributed by atoms with E-state index in [-0.39, 0.29) is 28.9 Å². The number of imidazole rings is 1. The maximum atomic E-state index is 14.7. The van der Waals surface area contributed by atoms with Gasteiger partial charge in [-0.25, -0.2) is 9.37 Å². The van der Waals surface area contributed by atoms with Crippen molar-refractivity contribution in [2.75, 3.05) is 7.11 Å². The first-order chi connectivity index (χ1) is 11.8. The molecule has 26 heavy (non-hydrogen) atoms. The van der Waals surface area contributed by atoms with Gasteiger partial charge in [-0.3, -0.25) is 0 Å². The van der Waals surface area contributed by atoms with Crippen molar-refractivity contribution in [3.63, 3.8) is 0 Å². The van der Waals surface area contributed by atoms with Crippen LogP contribution in [0.3, 0.4) is 0 Å². The van der Waals surface area contributed by atoms with Crippen molar-refractivity contribution in [2.24, 2.45) is 0 Å². The van der Waals surface area contributed by atoms with E-state index in [1.165, 1.54) is 23.8 Å². The molecular weight excluding hydrogens is 416 g/mol. The van der Waals surface area contributed by atoms with Crippen LogP contribution in [0.2, 0.25) is 0 Å². The standard InChI is InChI=1S/C18H21BrF4N2O/c1-9(2)25-15(17(3,4)5)14(18(21,22)23)24-16(25)13-11(20)7-10(19)8-12(13)26-6/h7-9H,1-6H3. The van der Waals surface area contributed by atoms with Crippen molar-refractivity contribution in [2.45, 2.75) is 52.3 Å². The van der Waals surface area contributed by atoms with Crippen LogP contribution >= 0.6 is 15.9 Å². The first kappa shape index (κ1) is 20.7. The third-order valence-corrected chi connectivity index (χ3v) is 4.33. The van der Waals surface area contributed by atoms with Crippen LogP contribution in [0.4, 0.5) is 17.6 Å². The number of nitrogens with zero attached hydrogens (tertiary/aromatic N) is 2. The van der Waals surface area contributed by atoms with Gasteiger partial charge in [-0.1, -0.05) is 36.7 Å². The number of hydrogen-bond donors (Lipinski definition) is 0. The number of alkyl halides is 3. The van der Waals surface area contributed by atoms with Crippen molar-refractivity contribution in [1.29, 1.82) is 0 Å². The molecule has 0 fully saturated rings. The van der Waals surface area contributed by atoms with Gasteiger partial charge in [0.1, 0.15) is 17.4 Å². The van der Waals surface area contributed by atoms with Gasteiger partial charge in [-0.2, -0.15) is 13.2 Å². The van der Waals surface area contributed by atoms with Gasteiger partial charge in [0.2, 0.25) is 0 Å². The third-order valence-electron chi connectivity index (χ3n) is 3.87. The molecule has 8 heteroatoms. The summed E-state index contributed by atoms with van der Waals surface area (Å²) >= 11 is 3.16. The number of hydrogen-bond acceptors (Lipinski definition) is 2. The fourth-order valence-electron chi connectivity index (χ4n) is 2.95. The summed E-state index contributed by atoms with van der Waals surface area (Å²) in [7, 11) is 1.34. The first-order valence-corrected chi connectivity index (χ1v) is 8.81. The second-order valence-corrected chi connectivity index (χ2v) is 8.22. The largest absolute Gasteiger partial charge is 0.496 e. The molecule has 0 atom stereocenters. The average Bonchev–Trinajstić information content (AvgIpc) is 2.86. The molecule has 0 amide bonds. The van der Waals surface area contributed by atoms with E-state index < -0.39 is 23.1 Å². The van der Waals surface area contributed by atoms with E-state index in [4.69, 9.17) is 4.74 Å². The Hall–Kier alpha value is -1.57. The minimum Gasteiger partial charge on any atom is -0.496 e. The first-order valence-electron chi connectivity index (χ1n) is 8.02. The average molecular weight is 437 g/mol. The number of methoxy groups -OCH3 is 1. The van der Waals surface area contributed by atoms with Crippen LogP contribution in [0.5, 0.6) is 5.75 Å². The Balaban J connectivity index is 2.99. The van der Waals surface area contributed by atoms with Gasteiger partial charge in [0.05, 0.1) is 18.4 Å². The zero-order chi connectivity index (χ0) is 20.0. The lowest BCUT2D eigenvalue weighted by Crippen LogP contribution is -2.24. The summed E-state index contributed by atoms with van der Waals surface area (Å²) in [6, 6.07) is 2.32. The highest BCUT2D eigenvalue weighted by molar-refractivity contribution is 9.10. The van der Waals surface area contributed by atoms with Gasteiger partial charge in [0.15, 0.2) is 5.69 Å². The van der Waals surface area contributed by atoms with E-state index >= 15 is 0 Å². The number of halogens is 5. The van der Waals surface area contributed by atoms with Gasteiger partial charge in [0.25, 0.3) is 0 Å². The summed E-state index contributed by atoms with van der Waals surface area (Å²) in [4.78, 5) is 3.84. The second-order valence-electron chi connectivity index (χ2n) is 7.31. The molecule has 0 N–H and O–H groups in total. The Kier molecular flexibility index (Phi) is 5.48. The Morgan fingerprint density at radius 3 is 2.15 bits per heavy atom. The van der Waals surface area contributed by atoms with E-state index in [9.17, 15) is 17.6 Å². The predicted molar refractivity (Wildman–Crippen MR) is 96.0 cm³/mol. The van der Waals surface area contributed by atoms with Crippen LogP contribution in [0.1, 0.15) is 52.0 Å². The van der Waals surface area contributed by atoms with Crippen molar-refractivity contribution in [3.05, 3.63) is 33.8 Å². The van der Waals surface area contributed by atoms with Gasteiger partial charge in [-0.15, -0.1) is 0 Å². The Morgan fingerprint density at radius 1 is 1.15 bits per heavy atom. The molecule has 1 aromatic heterocycles. The fraction of sp³-hybridized carbons (Fsp3) is 0.500. The molecule has 0 saturated carbocycles. The van der Waals surface area contributed by atoms with Gasteiger partial charge in [0, 0.05) is 15.9 Å². The lowest BCUT2D eigenvalue weighted by molar-refractivity contribution is -0.142. The number of ether oxygens (including phenoxy) is 1. The molecule has 2 rings (SSSR count). The van der Waals surface area contributed by atoms with Crippen LogP contribution in [0.25, 0.3) is 11.4 Å². The summed E-state index contributed by atoms with van der Waals surface area (Å²) in [5.74, 6) is -0.700. The van der Waals surface area contributed by atoms with Crippen molar-refractivity contribution < 1.29 is 22.3 Å². The molecule has 2 aromatic rings. The number of aromatic nitrogens is 2. The third kappa shape index (κ3) is 3.75. The van der Waals surface area contributed by atoms with E-state index in [1.807, 2.05) is 0 Å². The zero-order valence-electron chi connectivity index (χ0n) is 15.4. The van der Waals surface area contributed by atoms with E-state index in [2.05, 4.69) is 20.9 Å². The van der Waals surface area contributed by atoms with Crippen molar-refractivity contribution in [1.82, 2.24) is 9.55 Å². The molecule has 0 radical (unpaired) electrons. The Morgan fingerprint density at radius 2 is 1.73 bits per heavy atom. The molecule has 3 nitrogen and oxygen atoms in total. The SMILES string of the molecule is COc1cc(Br)cc(F)c1-c1nc(C(F)(F)F)c(C(C)(C)C)n1C(C)C. The molecule has 0 bridgehead atoms. The molecule has 0 aliphatic carbocycles. The lowest BCUT2D eigenvalue weighted by Gasteiger charge is -2.26. The summed E-state index contributed by atoms with van der Waals surface area (Å²) in [6.45, 7) is 8.51. The number of rotatable bonds is 3. The quantitative estimate of drug-likeness (QED) is 0.523. The highest BCUT2D eigenvalue weighted by Gasteiger charge is 2.43. The normalized spacial score (nSPS) is 12.8. The van der Waals surface area contributed by atoms with E-state index in [0.717, 1.165) is 0 Å². The number of benzene rings is 1.